The highest BCUT2D eigenvalue weighted by atomic mass is 16.5. The van der Waals surface area contributed by atoms with Crippen LogP contribution in [0.2, 0.25) is 0 Å². The van der Waals surface area contributed by atoms with Gasteiger partial charge in [0.2, 0.25) is 0 Å². The Hall–Kier alpha value is -2.70. The van der Waals surface area contributed by atoms with E-state index in [1.165, 1.54) is 0 Å². The van der Waals surface area contributed by atoms with Crippen LogP contribution in [0.3, 0.4) is 0 Å². The summed E-state index contributed by atoms with van der Waals surface area (Å²) in [6, 6.07) is 4.69. The van der Waals surface area contributed by atoms with Crippen molar-refractivity contribution >= 4 is 11.7 Å². The number of carbonyl (C=O) groups excluding carboxylic acids is 1. The van der Waals surface area contributed by atoms with Gasteiger partial charge in [-0.15, -0.1) is 0 Å². The Morgan fingerprint density at radius 1 is 1.25 bits per heavy atom. The van der Waals surface area contributed by atoms with Gasteiger partial charge in [-0.05, 0) is 18.1 Å². The van der Waals surface area contributed by atoms with Crippen molar-refractivity contribution in [2.45, 2.75) is 19.9 Å². The molecule has 2 N–H and O–H groups in total. The molecule has 0 spiro atoms. The summed E-state index contributed by atoms with van der Waals surface area (Å²) in [5, 5.41) is 5.78. The van der Waals surface area contributed by atoms with E-state index in [0.29, 0.717) is 17.2 Å². The first-order valence-corrected chi connectivity index (χ1v) is 7.73. The van der Waals surface area contributed by atoms with E-state index in [2.05, 4.69) is 15.6 Å². The van der Waals surface area contributed by atoms with Gasteiger partial charge in [-0.25, -0.2) is 9.78 Å². The summed E-state index contributed by atoms with van der Waals surface area (Å²) in [6.07, 6.45) is 3.57. The van der Waals surface area contributed by atoms with Crippen LogP contribution < -0.4 is 20.1 Å². The van der Waals surface area contributed by atoms with Gasteiger partial charge in [-0.1, -0.05) is 13.8 Å². The van der Waals surface area contributed by atoms with E-state index < -0.39 is 0 Å². The number of anilines is 1. The van der Waals surface area contributed by atoms with Crippen LogP contribution in [0.4, 0.5) is 10.5 Å². The smallest absolute Gasteiger partial charge is 0.319 e. The van der Waals surface area contributed by atoms with Gasteiger partial charge in [0.15, 0.2) is 0 Å². The fourth-order valence-electron chi connectivity index (χ4n) is 2.42. The van der Waals surface area contributed by atoms with Gasteiger partial charge in [-0.2, -0.15) is 0 Å². The molecule has 0 unspecified atom stereocenters. The van der Waals surface area contributed by atoms with Crippen LogP contribution in [0.25, 0.3) is 0 Å². The van der Waals surface area contributed by atoms with E-state index in [0.717, 1.165) is 5.82 Å². The van der Waals surface area contributed by atoms with Crippen molar-refractivity contribution in [1.82, 2.24) is 14.9 Å². The quantitative estimate of drug-likeness (QED) is 0.852. The minimum atomic E-state index is -0.330. The number of rotatable bonds is 6. The van der Waals surface area contributed by atoms with Gasteiger partial charge in [-0.3, -0.25) is 0 Å². The molecule has 7 nitrogen and oxygen atoms in total. The third-order valence-corrected chi connectivity index (χ3v) is 3.74. The Balaban J connectivity index is 2.16. The third-order valence-electron chi connectivity index (χ3n) is 3.74. The van der Waals surface area contributed by atoms with Crippen LogP contribution in [0.15, 0.2) is 30.6 Å². The van der Waals surface area contributed by atoms with Crippen molar-refractivity contribution in [1.29, 1.82) is 0 Å². The average molecular weight is 332 g/mol. The zero-order valence-electron chi connectivity index (χ0n) is 14.7. The van der Waals surface area contributed by atoms with Crippen molar-refractivity contribution in [2.75, 3.05) is 19.5 Å². The Morgan fingerprint density at radius 3 is 2.54 bits per heavy atom. The molecule has 24 heavy (non-hydrogen) atoms. The van der Waals surface area contributed by atoms with Crippen LogP contribution in [0, 0.1) is 5.92 Å². The van der Waals surface area contributed by atoms with E-state index in [-0.39, 0.29) is 18.0 Å². The highest BCUT2D eigenvalue weighted by Crippen LogP contribution is 2.29. The molecule has 2 rings (SSSR count). The minimum Gasteiger partial charge on any atom is -0.497 e. The number of methoxy groups -OCH3 is 2. The average Bonchev–Trinajstić information content (AvgIpc) is 2.98. The molecule has 1 atom stereocenters. The monoisotopic (exact) mass is 332 g/mol. The molecule has 0 saturated carbocycles. The highest BCUT2D eigenvalue weighted by molar-refractivity contribution is 5.91. The molecular formula is C17H24N4O3. The minimum absolute atomic E-state index is 0.184. The summed E-state index contributed by atoms with van der Waals surface area (Å²) in [5.74, 6) is 2.18. The van der Waals surface area contributed by atoms with E-state index >= 15 is 0 Å². The molecule has 2 amide bonds. The summed E-state index contributed by atoms with van der Waals surface area (Å²) >= 11 is 0. The molecule has 1 aromatic heterocycles. The third kappa shape index (κ3) is 3.98. The number of nitrogens with zero attached hydrogens (tertiary/aromatic N) is 2. The number of urea groups is 1. The second kappa shape index (κ2) is 7.72. The van der Waals surface area contributed by atoms with Crippen LogP contribution in [-0.2, 0) is 7.05 Å². The van der Waals surface area contributed by atoms with Gasteiger partial charge >= 0.3 is 6.03 Å². The van der Waals surface area contributed by atoms with Gasteiger partial charge in [0.05, 0.1) is 25.9 Å². The van der Waals surface area contributed by atoms with Crippen molar-refractivity contribution in [3.8, 4) is 11.5 Å². The van der Waals surface area contributed by atoms with Crippen LogP contribution in [0.1, 0.15) is 25.7 Å². The van der Waals surface area contributed by atoms with Gasteiger partial charge in [0.1, 0.15) is 17.3 Å². The van der Waals surface area contributed by atoms with Crippen molar-refractivity contribution in [3.05, 3.63) is 36.4 Å². The Kier molecular flexibility index (Phi) is 5.68. The van der Waals surface area contributed by atoms with Crippen LogP contribution >= 0.6 is 0 Å². The molecule has 7 heteroatoms. The lowest BCUT2D eigenvalue weighted by Gasteiger charge is -2.22. The number of hydrogen-bond donors (Lipinski definition) is 2. The molecule has 0 aliphatic rings. The van der Waals surface area contributed by atoms with E-state index in [1.807, 2.05) is 31.7 Å². The van der Waals surface area contributed by atoms with E-state index in [9.17, 15) is 4.79 Å². The summed E-state index contributed by atoms with van der Waals surface area (Å²) in [5.41, 5.74) is 0.539. The maximum Gasteiger partial charge on any atom is 0.319 e. The number of imidazole rings is 1. The van der Waals surface area contributed by atoms with E-state index in [1.54, 1.807) is 38.6 Å². The van der Waals surface area contributed by atoms with Gasteiger partial charge in [0.25, 0.3) is 0 Å². The van der Waals surface area contributed by atoms with Gasteiger partial charge in [0, 0.05) is 25.5 Å². The first-order valence-electron chi connectivity index (χ1n) is 7.73. The largest absolute Gasteiger partial charge is 0.497 e. The fourth-order valence-corrected chi connectivity index (χ4v) is 2.42. The number of ether oxygens (including phenoxy) is 2. The van der Waals surface area contributed by atoms with Crippen molar-refractivity contribution in [3.63, 3.8) is 0 Å². The van der Waals surface area contributed by atoms with Crippen LogP contribution in [0.5, 0.6) is 11.5 Å². The molecule has 0 aliphatic carbocycles. The lowest BCUT2D eigenvalue weighted by atomic mass is 10.0. The zero-order valence-corrected chi connectivity index (χ0v) is 14.7. The lowest BCUT2D eigenvalue weighted by molar-refractivity contribution is 0.243. The maximum atomic E-state index is 12.4. The normalized spacial score (nSPS) is 11.9. The highest BCUT2D eigenvalue weighted by Gasteiger charge is 2.22. The summed E-state index contributed by atoms with van der Waals surface area (Å²) in [4.78, 5) is 16.8. The first-order chi connectivity index (χ1) is 11.5. The molecule has 0 radical (unpaired) electrons. The molecule has 1 aromatic carbocycles. The maximum absolute atomic E-state index is 12.4. The summed E-state index contributed by atoms with van der Waals surface area (Å²) in [6.45, 7) is 4.07. The number of benzene rings is 1. The number of hydrogen-bond acceptors (Lipinski definition) is 4. The van der Waals surface area contributed by atoms with Crippen molar-refractivity contribution < 1.29 is 14.3 Å². The standard InChI is InChI=1S/C17H24N4O3/c1-11(2)15(16-18-8-9-21(16)3)20-17(22)19-13-10-12(23-4)6-7-14(13)24-5/h6-11,15H,1-5H3,(H2,19,20,22)/t15-/m0/s1. The fraction of sp³-hybridized carbons (Fsp3) is 0.412. The topological polar surface area (TPSA) is 77.4 Å². The number of amides is 2. The second-order valence-corrected chi connectivity index (χ2v) is 5.78. The number of carbonyl (C=O) groups is 1. The molecule has 2 aromatic rings. The Labute approximate surface area is 142 Å². The van der Waals surface area contributed by atoms with Crippen molar-refractivity contribution in [2.24, 2.45) is 13.0 Å². The summed E-state index contributed by atoms with van der Waals surface area (Å²) in [7, 11) is 5.03. The number of nitrogens with one attached hydrogen (secondary N) is 2. The van der Waals surface area contributed by atoms with E-state index in [4.69, 9.17) is 9.47 Å². The Morgan fingerprint density at radius 2 is 2.00 bits per heavy atom. The second-order valence-electron chi connectivity index (χ2n) is 5.78. The first kappa shape index (κ1) is 17.7. The summed E-state index contributed by atoms with van der Waals surface area (Å²) < 4.78 is 12.4. The molecule has 1 heterocycles. The van der Waals surface area contributed by atoms with Crippen LogP contribution in [-0.4, -0.2) is 29.8 Å². The number of aryl methyl sites for hydroxylation is 1. The predicted molar refractivity (Wildman–Crippen MR) is 92.5 cm³/mol. The molecule has 0 fully saturated rings. The van der Waals surface area contributed by atoms with Gasteiger partial charge < -0.3 is 24.7 Å². The Bertz CT molecular complexity index is 697. The predicted octanol–water partition coefficient (Wildman–Crippen LogP) is 2.96. The zero-order chi connectivity index (χ0) is 17.7. The molecule has 0 bridgehead atoms. The molecule has 130 valence electrons. The lowest BCUT2D eigenvalue weighted by Crippen LogP contribution is -2.36. The molecule has 0 saturated heterocycles. The molecular weight excluding hydrogens is 308 g/mol. The SMILES string of the molecule is COc1ccc(OC)c(NC(=O)N[C@H](c2nccn2C)C(C)C)c1. The number of aromatic nitrogens is 2. The molecule has 0 aliphatic heterocycles.